The Bertz CT molecular complexity index is 1330. The number of β-amino-alcohol motifs (C(OH)–C–C–N with tert-alkyl or cyclic N) is 1. The van der Waals surface area contributed by atoms with Gasteiger partial charge in [0.1, 0.15) is 11.9 Å². The number of likely N-dealkylation sites (tertiary alicyclic amines) is 1. The molecule has 1 saturated carbocycles. The molecule has 4 heterocycles. The molecule has 10 nitrogen and oxygen atoms in total. The van der Waals surface area contributed by atoms with Crippen molar-refractivity contribution < 1.29 is 28.5 Å². The molecule has 40 heavy (non-hydrogen) atoms. The molecule has 1 unspecified atom stereocenters. The van der Waals surface area contributed by atoms with Crippen molar-refractivity contribution in [1.82, 2.24) is 24.8 Å². The van der Waals surface area contributed by atoms with Crippen LogP contribution in [0.2, 0.25) is 0 Å². The molecule has 3 aromatic rings. The second kappa shape index (κ2) is 11.2. The number of rotatable bonds is 6. The summed E-state index contributed by atoms with van der Waals surface area (Å²) in [6, 6.07) is 8.14. The molecule has 1 aliphatic carbocycles. The standard InChI is InChI=1S/C29H34FN5O5/c1-29(27(37)35-14-12-20(36)15-35)16-38-26(39-17-29)25-33-23(18-7-9-19(30)10-8-18)24(34-25)22-11-13-31-28(32-22)40-21-5-3-2-4-6-21/h7-11,13,20-21,26,36H,2-6,12,14-17H2,1H3,(H,33,34). The molecular weight excluding hydrogens is 517 g/mol. The van der Waals surface area contributed by atoms with Crippen molar-refractivity contribution in [3.63, 3.8) is 0 Å². The number of H-pyrrole nitrogens is 1. The Morgan fingerprint density at radius 1 is 1.10 bits per heavy atom. The summed E-state index contributed by atoms with van der Waals surface area (Å²) in [5, 5.41) is 9.85. The fourth-order valence-corrected chi connectivity index (χ4v) is 5.57. The number of nitrogens with zero attached hydrogens (tertiary/aromatic N) is 4. The van der Waals surface area contributed by atoms with E-state index in [4.69, 9.17) is 19.2 Å². The van der Waals surface area contributed by atoms with Gasteiger partial charge < -0.3 is 29.2 Å². The molecule has 212 valence electrons. The van der Waals surface area contributed by atoms with Crippen molar-refractivity contribution in [1.29, 1.82) is 0 Å². The number of benzene rings is 1. The minimum atomic E-state index is -0.867. The molecule has 1 amide bonds. The summed E-state index contributed by atoms with van der Waals surface area (Å²) in [4.78, 5) is 31.8. The zero-order chi connectivity index (χ0) is 27.7. The number of imidazole rings is 1. The summed E-state index contributed by atoms with van der Waals surface area (Å²) >= 11 is 0. The van der Waals surface area contributed by atoms with Gasteiger partial charge in [-0.1, -0.05) is 6.42 Å². The van der Waals surface area contributed by atoms with E-state index >= 15 is 0 Å². The van der Waals surface area contributed by atoms with Crippen LogP contribution in [-0.2, 0) is 14.3 Å². The second-order valence-corrected chi connectivity index (χ2v) is 11.2. The number of halogens is 1. The first-order chi connectivity index (χ1) is 19.4. The largest absolute Gasteiger partial charge is 0.460 e. The number of carbonyl (C=O) groups excluding carboxylic acids is 1. The van der Waals surface area contributed by atoms with Crippen LogP contribution in [0.25, 0.3) is 22.6 Å². The van der Waals surface area contributed by atoms with Gasteiger partial charge in [0, 0.05) is 24.8 Å². The van der Waals surface area contributed by atoms with E-state index in [2.05, 4.69) is 15.0 Å². The summed E-state index contributed by atoms with van der Waals surface area (Å²) in [5.41, 5.74) is 1.55. The van der Waals surface area contributed by atoms with Crippen molar-refractivity contribution >= 4 is 5.91 Å². The predicted octanol–water partition coefficient (Wildman–Crippen LogP) is 4.03. The van der Waals surface area contributed by atoms with Gasteiger partial charge in [0.25, 0.3) is 0 Å². The van der Waals surface area contributed by atoms with Crippen LogP contribution in [0.4, 0.5) is 4.39 Å². The molecule has 2 aliphatic heterocycles. The van der Waals surface area contributed by atoms with Gasteiger partial charge in [-0.15, -0.1) is 0 Å². The van der Waals surface area contributed by atoms with Crippen molar-refractivity contribution in [2.24, 2.45) is 5.41 Å². The number of amides is 1. The highest BCUT2D eigenvalue weighted by atomic mass is 19.1. The Morgan fingerprint density at radius 2 is 1.85 bits per heavy atom. The van der Waals surface area contributed by atoms with E-state index in [1.54, 1.807) is 29.3 Å². The number of aromatic amines is 1. The number of aliphatic hydroxyl groups excluding tert-OH is 1. The number of ether oxygens (including phenoxy) is 3. The van der Waals surface area contributed by atoms with Crippen LogP contribution < -0.4 is 4.74 Å². The Labute approximate surface area is 231 Å². The minimum Gasteiger partial charge on any atom is -0.460 e. The average molecular weight is 552 g/mol. The van der Waals surface area contributed by atoms with E-state index in [-0.39, 0.29) is 31.0 Å². The minimum absolute atomic E-state index is 0.0962. The van der Waals surface area contributed by atoms with Crippen LogP contribution in [0, 0.1) is 11.2 Å². The summed E-state index contributed by atoms with van der Waals surface area (Å²) in [7, 11) is 0. The van der Waals surface area contributed by atoms with Gasteiger partial charge in [-0.3, -0.25) is 4.79 Å². The zero-order valence-corrected chi connectivity index (χ0v) is 22.5. The normalized spacial score (nSPS) is 25.7. The lowest BCUT2D eigenvalue weighted by Crippen LogP contribution is -2.49. The molecule has 0 bridgehead atoms. The lowest BCUT2D eigenvalue weighted by Gasteiger charge is -2.37. The zero-order valence-electron chi connectivity index (χ0n) is 22.5. The molecule has 3 fully saturated rings. The Kier molecular flexibility index (Phi) is 7.52. The van der Waals surface area contributed by atoms with Gasteiger partial charge in [-0.2, -0.15) is 4.98 Å². The van der Waals surface area contributed by atoms with Crippen molar-refractivity contribution in [3.05, 3.63) is 48.2 Å². The highest BCUT2D eigenvalue weighted by molar-refractivity contribution is 5.83. The molecule has 2 aromatic heterocycles. The predicted molar refractivity (Wildman–Crippen MR) is 142 cm³/mol. The monoisotopic (exact) mass is 551 g/mol. The van der Waals surface area contributed by atoms with Crippen LogP contribution in [-0.4, -0.2) is 74.4 Å². The van der Waals surface area contributed by atoms with Crippen LogP contribution in [0.15, 0.2) is 36.5 Å². The topological polar surface area (TPSA) is 123 Å². The fourth-order valence-electron chi connectivity index (χ4n) is 5.57. The van der Waals surface area contributed by atoms with Gasteiger partial charge in [0.05, 0.1) is 41.8 Å². The van der Waals surface area contributed by atoms with Gasteiger partial charge in [-0.25, -0.2) is 14.4 Å². The molecule has 1 aromatic carbocycles. The second-order valence-electron chi connectivity index (χ2n) is 11.2. The van der Waals surface area contributed by atoms with E-state index < -0.39 is 17.8 Å². The number of hydrogen-bond donors (Lipinski definition) is 2. The average Bonchev–Trinajstić information content (AvgIpc) is 3.61. The van der Waals surface area contributed by atoms with E-state index in [1.165, 1.54) is 18.6 Å². The quantitative estimate of drug-likeness (QED) is 0.471. The number of nitrogens with one attached hydrogen (secondary N) is 1. The fraction of sp³-hybridized carbons (Fsp3) is 0.517. The molecule has 1 atom stereocenters. The molecule has 0 spiro atoms. The maximum Gasteiger partial charge on any atom is 0.317 e. The summed E-state index contributed by atoms with van der Waals surface area (Å²) in [5.74, 6) is -0.0328. The lowest BCUT2D eigenvalue weighted by atomic mass is 9.90. The Hall–Kier alpha value is -3.41. The van der Waals surface area contributed by atoms with E-state index in [9.17, 15) is 14.3 Å². The SMILES string of the molecule is CC1(C(=O)N2CCC(O)C2)COC(c2nc(-c3ccc(F)cc3)c(-c3ccnc(OC4CCCCC4)n3)[nH]2)OC1. The molecule has 6 rings (SSSR count). The Morgan fingerprint density at radius 3 is 2.55 bits per heavy atom. The molecular formula is C29H34FN5O5. The third-order valence-electron chi connectivity index (χ3n) is 7.85. The number of hydrogen-bond acceptors (Lipinski definition) is 8. The van der Waals surface area contributed by atoms with Crippen LogP contribution in [0.5, 0.6) is 6.01 Å². The van der Waals surface area contributed by atoms with Crippen LogP contribution in [0.3, 0.4) is 0 Å². The van der Waals surface area contributed by atoms with E-state index in [0.29, 0.717) is 54.0 Å². The van der Waals surface area contributed by atoms with Crippen LogP contribution >= 0.6 is 0 Å². The van der Waals surface area contributed by atoms with E-state index in [0.717, 1.165) is 25.7 Å². The van der Waals surface area contributed by atoms with Gasteiger partial charge in [0.15, 0.2) is 5.82 Å². The molecule has 2 saturated heterocycles. The summed E-state index contributed by atoms with van der Waals surface area (Å²) in [6.45, 7) is 2.93. The maximum atomic E-state index is 13.7. The third-order valence-corrected chi connectivity index (χ3v) is 7.85. The van der Waals surface area contributed by atoms with E-state index in [1.807, 2.05) is 6.92 Å². The number of aromatic nitrogens is 4. The maximum absolute atomic E-state index is 13.7. The van der Waals surface area contributed by atoms with Crippen molar-refractivity contribution in [2.75, 3.05) is 26.3 Å². The number of carbonyl (C=O) groups is 1. The lowest BCUT2D eigenvalue weighted by molar-refractivity contribution is -0.234. The summed E-state index contributed by atoms with van der Waals surface area (Å²) < 4.78 is 31.9. The first-order valence-corrected chi connectivity index (χ1v) is 13.9. The third kappa shape index (κ3) is 5.59. The number of aliphatic hydroxyl groups is 1. The van der Waals surface area contributed by atoms with Gasteiger partial charge in [0.2, 0.25) is 12.2 Å². The Balaban J connectivity index is 1.25. The molecule has 11 heteroatoms. The summed E-state index contributed by atoms with van der Waals surface area (Å²) in [6.07, 6.45) is 6.45. The van der Waals surface area contributed by atoms with Crippen molar-refractivity contribution in [2.45, 2.75) is 63.9 Å². The van der Waals surface area contributed by atoms with Gasteiger partial charge >= 0.3 is 6.01 Å². The molecule has 2 N–H and O–H groups in total. The highest BCUT2D eigenvalue weighted by Gasteiger charge is 2.44. The molecule has 3 aliphatic rings. The van der Waals surface area contributed by atoms with Crippen LogP contribution in [0.1, 0.15) is 57.6 Å². The first-order valence-electron chi connectivity index (χ1n) is 13.9. The van der Waals surface area contributed by atoms with Gasteiger partial charge in [-0.05, 0) is 69.4 Å². The highest BCUT2D eigenvalue weighted by Crippen LogP contribution is 2.37. The van der Waals surface area contributed by atoms with Crippen molar-refractivity contribution in [3.8, 4) is 28.7 Å². The first kappa shape index (κ1) is 26.8. The molecule has 0 radical (unpaired) electrons. The smallest absolute Gasteiger partial charge is 0.317 e.